The number of nitrogens with one attached hydrogen (secondary N) is 1. The van der Waals surface area contributed by atoms with Crippen LogP contribution in [-0.2, 0) is 16.0 Å². The van der Waals surface area contributed by atoms with Gasteiger partial charge >= 0.3 is 0 Å². The standard InChI is InChI=1S/C16H24N2O2/c1-12(14-8-9-20-11-14)17-15-6-4-13(5-7-15)10-16(19)18(2)3/h4-7,12,14,17H,8-11H2,1-3H3. The lowest BCUT2D eigenvalue weighted by molar-refractivity contribution is -0.127. The molecule has 1 aromatic carbocycles. The summed E-state index contributed by atoms with van der Waals surface area (Å²) in [6.07, 6.45) is 1.59. The Morgan fingerprint density at radius 1 is 1.40 bits per heavy atom. The molecule has 0 aliphatic carbocycles. The van der Waals surface area contributed by atoms with Crippen molar-refractivity contribution in [2.24, 2.45) is 5.92 Å². The summed E-state index contributed by atoms with van der Waals surface area (Å²) in [6, 6.07) is 8.53. The molecule has 1 fully saturated rings. The van der Waals surface area contributed by atoms with Gasteiger partial charge in [-0.05, 0) is 31.0 Å². The second-order valence-electron chi connectivity index (χ2n) is 5.72. The van der Waals surface area contributed by atoms with Crippen LogP contribution in [0.25, 0.3) is 0 Å². The van der Waals surface area contributed by atoms with Crippen LogP contribution in [0.2, 0.25) is 0 Å². The second kappa shape index (κ2) is 6.75. The zero-order valence-electron chi connectivity index (χ0n) is 12.6. The Morgan fingerprint density at radius 2 is 2.10 bits per heavy atom. The summed E-state index contributed by atoms with van der Waals surface area (Å²) in [7, 11) is 3.56. The molecule has 2 atom stereocenters. The Hall–Kier alpha value is -1.55. The molecule has 1 N–H and O–H groups in total. The van der Waals surface area contributed by atoms with Crippen molar-refractivity contribution in [2.45, 2.75) is 25.8 Å². The van der Waals surface area contributed by atoms with Gasteiger partial charge in [0.25, 0.3) is 0 Å². The quantitative estimate of drug-likeness (QED) is 0.896. The summed E-state index contributed by atoms with van der Waals surface area (Å²) in [4.78, 5) is 13.3. The van der Waals surface area contributed by atoms with Gasteiger partial charge in [-0.15, -0.1) is 0 Å². The third-order valence-corrected chi connectivity index (χ3v) is 3.87. The minimum Gasteiger partial charge on any atom is -0.382 e. The molecule has 1 aliphatic heterocycles. The average molecular weight is 276 g/mol. The third-order valence-electron chi connectivity index (χ3n) is 3.87. The number of rotatable bonds is 5. The largest absolute Gasteiger partial charge is 0.382 e. The fourth-order valence-corrected chi connectivity index (χ4v) is 2.38. The van der Waals surface area contributed by atoms with E-state index in [0.717, 1.165) is 30.9 Å². The second-order valence-corrected chi connectivity index (χ2v) is 5.72. The van der Waals surface area contributed by atoms with Gasteiger partial charge in [-0.2, -0.15) is 0 Å². The molecule has 20 heavy (non-hydrogen) atoms. The Labute approximate surface area is 121 Å². The van der Waals surface area contributed by atoms with E-state index < -0.39 is 0 Å². The van der Waals surface area contributed by atoms with Gasteiger partial charge in [-0.25, -0.2) is 0 Å². The van der Waals surface area contributed by atoms with Gasteiger partial charge in [0.15, 0.2) is 0 Å². The van der Waals surface area contributed by atoms with Crippen LogP contribution in [-0.4, -0.2) is 44.2 Å². The van der Waals surface area contributed by atoms with Crippen molar-refractivity contribution in [3.63, 3.8) is 0 Å². The molecule has 110 valence electrons. The fraction of sp³-hybridized carbons (Fsp3) is 0.562. The van der Waals surface area contributed by atoms with Crippen LogP contribution in [0.5, 0.6) is 0 Å². The smallest absolute Gasteiger partial charge is 0.226 e. The molecule has 0 aromatic heterocycles. The van der Waals surface area contributed by atoms with Gasteiger partial charge in [0.1, 0.15) is 0 Å². The molecule has 0 saturated carbocycles. The first-order chi connectivity index (χ1) is 9.56. The number of carbonyl (C=O) groups excluding carboxylic acids is 1. The van der Waals surface area contributed by atoms with Crippen molar-refractivity contribution in [3.05, 3.63) is 29.8 Å². The van der Waals surface area contributed by atoms with Gasteiger partial charge in [-0.3, -0.25) is 4.79 Å². The number of nitrogens with zero attached hydrogens (tertiary/aromatic N) is 1. The minimum atomic E-state index is 0.127. The van der Waals surface area contributed by atoms with Crippen molar-refractivity contribution in [1.82, 2.24) is 4.90 Å². The maximum absolute atomic E-state index is 11.6. The Morgan fingerprint density at radius 3 is 2.65 bits per heavy atom. The Kier molecular flexibility index (Phi) is 5.01. The maximum Gasteiger partial charge on any atom is 0.226 e. The molecule has 4 heteroatoms. The van der Waals surface area contributed by atoms with Crippen molar-refractivity contribution >= 4 is 11.6 Å². The van der Waals surface area contributed by atoms with Gasteiger partial charge in [0.2, 0.25) is 5.91 Å². The first-order valence-corrected chi connectivity index (χ1v) is 7.19. The van der Waals surface area contributed by atoms with Crippen LogP contribution < -0.4 is 5.32 Å². The van der Waals surface area contributed by atoms with E-state index >= 15 is 0 Å². The van der Waals surface area contributed by atoms with Gasteiger partial charge < -0.3 is 15.0 Å². The molecular weight excluding hydrogens is 252 g/mol. The van der Waals surface area contributed by atoms with E-state index in [-0.39, 0.29) is 5.91 Å². The molecule has 1 heterocycles. The van der Waals surface area contributed by atoms with E-state index in [9.17, 15) is 4.79 Å². The normalized spacial score (nSPS) is 19.6. The Balaban J connectivity index is 1.89. The van der Waals surface area contributed by atoms with E-state index in [4.69, 9.17) is 4.74 Å². The number of hydrogen-bond donors (Lipinski definition) is 1. The van der Waals surface area contributed by atoms with E-state index in [0.29, 0.717) is 18.4 Å². The van der Waals surface area contributed by atoms with Crippen LogP contribution in [0, 0.1) is 5.92 Å². The summed E-state index contributed by atoms with van der Waals surface area (Å²) in [5, 5.41) is 3.51. The predicted molar refractivity (Wildman–Crippen MR) is 80.9 cm³/mol. The number of amides is 1. The zero-order chi connectivity index (χ0) is 14.5. The van der Waals surface area contributed by atoms with Crippen LogP contribution in [0.3, 0.4) is 0 Å². The Bertz CT molecular complexity index is 436. The predicted octanol–water partition coefficient (Wildman–Crippen LogP) is 2.15. The molecule has 0 bridgehead atoms. The number of carbonyl (C=O) groups is 1. The lowest BCUT2D eigenvalue weighted by atomic mass is 10.0. The van der Waals surface area contributed by atoms with E-state index in [1.165, 1.54) is 0 Å². The van der Waals surface area contributed by atoms with E-state index in [1.807, 2.05) is 24.3 Å². The molecule has 0 radical (unpaired) electrons. The van der Waals surface area contributed by atoms with Gasteiger partial charge in [0.05, 0.1) is 13.0 Å². The maximum atomic E-state index is 11.6. The fourth-order valence-electron chi connectivity index (χ4n) is 2.38. The molecule has 1 aliphatic rings. The number of likely N-dealkylation sites (N-methyl/N-ethyl adjacent to an activating group) is 1. The van der Waals surface area contributed by atoms with Crippen LogP contribution in [0.4, 0.5) is 5.69 Å². The van der Waals surface area contributed by atoms with Crippen molar-refractivity contribution < 1.29 is 9.53 Å². The number of hydrogen-bond acceptors (Lipinski definition) is 3. The molecule has 1 amide bonds. The summed E-state index contributed by atoms with van der Waals surface area (Å²) < 4.78 is 5.42. The molecule has 2 unspecified atom stereocenters. The third kappa shape index (κ3) is 3.97. The minimum absolute atomic E-state index is 0.127. The molecule has 1 aromatic rings. The number of benzene rings is 1. The number of anilines is 1. The van der Waals surface area contributed by atoms with Gasteiger partial charge in [0, 0.05) is 38.3 Å². The molecule has 4 nitrogen and oxygen atoms in total. The average Bonchev–Trinajstić information content (AvgIpc) is 2.95. The van der Waals surface area contributed by atoms with E-state index in [2.05, 4.69) is 12.2 Å². The molecular formula is C16H24N2O2. The van der Waals surface area contributed by atoms with Crippen molar-refractivity contribution in [1.29, 1.82) is 0 Å². The molecule has 0 spiro atoms. The molecule has 2 rings (SSSR count). The highest BCUT2D eigenvalue weighted by Crippen LogP contribution is 2.20. The van der Waals surface area contributed by atoms with Crippen molar-refractivity contribution in [3.8, 4) is 0 Å². The highest BCUT2D eigenvalue weighted by Gasteiger charge is 2.21. The highest BCUT2D eigenvalue weighted by molar-refractivity contribution is 5.78. The summed E-state index contributed by atoms with van der Waals surface area (Å²) >= 11 is 0. The van der Waals surface area contributed by atoms with Crippen LogP contribution >= 0.6 is 0 Å². The molecule has 1 saturated heterocycles. The first-order valence-electron chi connectivity index (χ1n) is 7.19. The van der Waals surface area contributed by atoms with E-state index in [1.54, 1.807) is 19.0 Å². The van der Waals surface area contributed by atoms with Crippen LogP contribution in [0.1, 0.15) is 18.9 Å². The topological polar surface area (TPSA) is 41.6 Å². The van der Waals surface area contributed by atoms with Crippen LogP contribution in [0.15, 0.2) is 24.3 Å². The van der Waals surface area contributed by atoms with Gasteiger partial charge in [-0.1, -0.05) is 12.1 Å². The monoisotopic (exact) mass is 276 g/mol. The summed E-state index contributed by atoms with van der Waals surface area (Å²) in [5.41, 5.74) is 2.15. The zero-order valence-corrected chi connectivity index (χ0v) is 12.6. The SMILES string of the molecule is CC(Nc1ccc(CC(=O)N(C)C)cc1)C1CCOC1. The first kappa shape index (κ1) is 14.9. The summed E-state index contributed by atoms with van der Waals surface area (Å²) in [5.74, 6) is 0.715. The highest BCUT2D eigenvalue weighted by atomic mass is 16.5. The summed E-state index contributed by atoms with van der Waals surface area (Å²) in [6.45, 7) is 3.93. The lowest BCUT2D eigenvalue weighted by Gasteiger charge is -2.20. The number of ether oxygens (including phenoxy) is 1. The lowest BCUT2D eigenvalue weighted by Crippen LogP contribution is -2.26. The van der Waals surface area contributed by atoms with Crippen molar-refractivity contribution in [2.75, 3.05) is 32.6 Å².